The standard InChI is InChI=1S/C20H15F4NO5/c1-10-13(8-18(26)27)14-7-17(29-2)15(21)9-16(14)25(10)19(28)11-3-5-12(6-4-11)30-20(22,23)24/h3-7,9H,8H2,1-2H3,(H,26,27). The minimum atomic E-state index is -4.87. The molecule has 0 aliphatic rings. The van der Waals surface area contributed by atoms with Crippen LogP contribution in [0.3, 0.4) is 0 Å². The Morgan fingerprint density at radius 1 is 1.13 bits per heavy atom. The van der Waals surface area contributed by atoms with Gasteiger partial charge >= 0.3 is 12.3 Å². The van der Waals surface area contributed by atoms with E-state index < -0.39 is 36.2 Å². The molecule has 2 aromatic carbocycles. The summed E-state index contributed by atoms with van der Waals surface area (Å²) in [6, 6.07) is 6.56. The van der Waals surface area contributed by atoms with Crippen molar-refractivity contribution in [2.75, 3.05) is 7.11 Å². The second kappa shape index (κ2) is 7.69. The van der Waals surface area contributed by atoms with E-state index in [0.717, 1.165) is 34.9 Å². The number of aliphatic carboxylic acids is 1. The lowest BCUT2D eigenvalue weighted by Gasteiger charge is -2.11. The van der Waals surface area contributed by atoms with Crippen LogP contribution in [0, 0.1) is 12.7 Å². The van der Waals surface area contributed by atoms with Gasteiger partial charge in [-0.15, -0.1) is 13.2 Å². The number of nitrogens with zero attached hydrogens (tertiary/aromatic N) is 1. The Kier molecular flexibility index (Phi) is 5.43. The first-order valence-electron chi connectivity index (χ1n) is 8.51. The van der Waals surface area contributed by atoms with E-state index in [1.54, 1.807) is 0 Å². The predicted octanol–water partition coefficient (Wildman–Crippen LogP) is 4.31. The first-order chi connectivity index (χ1) is 14.0. The highest BCUT2D eigenvalue weighted by atomic mass is 19.4. The third kappa shape index (κ3) is 4.07. The van der Waals surface area contributed by atoms with E-state index >= 15 is 0 Å². The predicted molar refractivity (Wildman–Crippen MR) is 97.4 cm³/mol. The number of aromatic nitrogens is 1. The Balaban J connectivity index is 2.12. The van der Waals surface area contributed by atoms with Gasteiger partial charge in [-0.3, -0.25) is 14.2 Å². The Morgan fingerprint density at radius 2 is 1.77 bits per heavy atom. The van der Waals surface area contributed by atoms with Crippen LogP contribution in [0.25, 0.3) is 10.9 Å². The van der Waals surface area contributed by atoms with Gasteiger partial charge in [0.05, 0.1) is 19.0 Å². The highest BCUT2D eigenvalue weighted by Gasteiger charge is 2.31. The third-order valence-corrected chi connectivity index (χ3v) is 4.47. The molecule has 0 radical (unpaired) electrons. The summed E-state index contributed by atoms with van der Waals surface area (Å²) < 4.78 is 61.1. The summed E-state index contributed by atoms with van der Waals surface area (Å²) in [5.41, 5.74) is 0.673. The normalized spacial score (nSPS) is 11.5. The zero-order valence-electron chi connectivity index (χ0n) is 15.7. The average molecular weight is 425 g/mol. The van der Waals surface area contributed by atoms with Gasteiger partial charge in [-0.2, -0.15) is 0 Å². The topological polar surface area (TPSA) is 77.8 Å². The van der Waals surface area contributed by atoms with Gasteiger partial charge in [-0.05, 0) is 42.8 Å². The lowest BCUT2D eigenvalue weighted by atomic mass is 10.1. The molecule has 0 fully saturated rings. The van der Waals surface area contributed by atoms with Crippen molar-refractivity contribution < 1.29 is 41.7 Å². The van der Waals surface area contributed by atoms with Gasteiger partial charge in [-0.25, -0.2) is 4.39 Å². The third-order valence-electron chi connectivity index (χ3n) is 4.47. The average Bonchev–Trinajstić information content (AvgIpc) is 2.90. The number of ether oxygens (including phenoxy) is 2. The number of methoxy groups -OCH3 is 1. The molecule has 158 valence electrons. The molecular formula is C20H15F4NO5. The Hall–Kier alpha value is -3.56. The number of carbonyl (C=O) groups excluding carboxylic acids is 1. The minimum Gasteiger partial charge on any atom is -0.494 e. The van der Waals surface area contributed by atoms with Crippen LogP contribution in [0.1, 0.15) is 21.6 Å². The Labute approximate surface area is 167 Å². The second-order valence-corrected chi connectivity index (χ2v) is 6.35. The van der Waals surface area contributed by atoms with E-state index in [1.165, 1.54) is 20.1 Å². The fraction of sp³-hybridized carbons (Fsp3) is 0.200. The van der Waals surface area contributed by atoms with Crippen molar-refractivity contribution in [2.45, 2.75) is 19.7 Å². The van der Waals surface area contributed by atoms with E-state index in [-0.39, 0.29) is 22.5 Å². The van der Waals surface area contributed by atoms with Gasteiger partial charge in [-0.1, -0.05) is 0 Å². The molecule has 0 saturated heterocycles. The number of rotatable bonds is 5. The quantitative estimate of drug-likeness (QED) is 0.617. The lowest BCUT2D eigenvalue weighted by Crippen LogP contribution is -2.17. The van der Waals surface area contributed by atoms with Gasteiger partial charge in [0.1, 0.15) is 5.75 Å². The minimum absolute atomic E-state index is 0.00243. The van der Waals surface area contributed by atoms with Crippen molar-refractivity contribution in [2.24, 2.45) is 0 Å². The number of carboxylic acid groups (broad SMARTS) is 1. The summed E-state index contributed by atoms with van der Waals surface area (Å²) in [5.74, 6) is -3.20. The molecule has 0 saturated carbocycles. The Morgan fingerprint density at radius 3 is 2.30 bits per heavy atom. The maximum Gasteiger partial charge on any atom is 0.573 e. The molecular weight excluding hydrogens is 410 g/mol. The molecule has 0 spiro atoms. The summed E-state index contributed by atoms with van der Waals surface area (Å²) in [7, 11) is 1.25. The van der Waals surface area contributed by atoms with Gasteiger partial charge in [0.2, 0.25) is 0 Å². The molecule has 3 rings (SSSR count). The number of fused-ring (bicyclic) bond motifs is 1. The van der Waals surface area contributed by atoms with E-state index in [1.807, 2.05) is 0 Å². The number of carbonyl (C=O) groups is 2. The number of halogens is 4. The van der Waals surface area contributed by atoms with Crippen LogP contribution in [0.4, 0.5) is 17.6 Å². The summed E-state index contributed by atoms with van der Waals surface area (Å²) in [4.78, 5) is 24.3. The summed E-state index contributed by atoms with van der Waals surface area (Å²) in [6.07, 6.45) is -5.29. The van der Waals surface area contributed by atoms with Crippen LogP contribution in [0.5, 0.6) is 11.5 Å². The lowest BCUT2D eigenvalue weighted by molar-refractivity contribution is -0.274. The molecule has 10 heteroatoms. The summed E-state index contributed by atoms with van der Waals surface area (Å²) in [5, 5.41) is 9.53. The first kappa shape index (κ1) is 21.2. The van der Waals surface area contributed by atoms with Crippen molar-refractivity contribution in [3.8, 4) is 11.5 Å². The molecule has 3 aromatic rings. The zero-order valence-corrected chi connectivity index (χ0v) is 15.7. The van der Waals surface area contributed by atoms with E-state index in [4.69, 9.17) is 4.74 Å². The maximum absolute atomic E-state index is 14.3. The van der Waals surface area contributed by atoms with Crippen LogP contribution in [-0.4, -0.2) is 35.0 Å². The molecule has 30 heavy (non-hydrogen) atoms. The number of carboxylic acids is 1. The molecule has 1 aromatic heterocycles. The van der Waals surface area contributed by atoms with Crippen molar-refractivity contribution in [3.05, 3.63) is 59.0 Å². The molecule has 0 amide bonds. The molecule has 0 aliphatic heterocycles. The summed E-state index contributed by atoms with van der Waals surface area (Å²) in [6.45, 7) is 1.50. The van der Waals surface area contributed by atoms with E-state index in [0.29, 0.717) is 10.9 Å². The fourth-order valence-electron chi connectivity index (χ4n) is 3.20. The van der Waals surface area contributed by atoms with E-state index in [9.17, 15) is 32.3 Å². The summed E-state index contributed by atoms with van der Waals surface area (Å²) >= 11 is 0. The Bertz CT molecular complexity index is 1130. The van der Waals surface area contributed by atoms with Gasteiger partial charge in [0.15, 0.2) is 11.6 Å². The van der Waals surface area contributed by atoms with Gasteiger partial charge in [0, 0.05) is 22.7 Å². The van der Waals surface area contributed by atoms with Crippen molar-refractivity contribution >= 4 is 22.8 Å². The van der Waals surface area contributed by atoms with Crippen LogP contribution in [0.2, 0.25) is 0 Å². The molecule has 0 aliphatic carbocycles. The number of benzene rings is 2. The second-order valence-electron chi connectivity index (χ2n) is 6.35. The molecule has 0 unspecified atom stereocenters. The van der Waals surface area contributed by atoms with Crippen LogP contribution >= 0.6 is 0 Å². The van der Waals surface area contributed by atoms with Crippen LogP contribution < -0.4 is 9.47 Å². The fourth-order valence-corrected chi connectivity index (χ4v) is 3.20. The largest absolute Gasteiger partial charge is 0.573 e. The van der Waals surface area contributed by atoms with Crippen molar-refractivity contribution in [1.82, 2.24) is 4.57 Å². The van der Waals surface area contributed by atoms with Gasteiger partial charge in [0.25, 0.3) is 5.91 Å². The van der Waals surface area contributed by atoms with Crippen molar-refractivity contribution in [1.29, 1.82) is 0 Å². The highest BCUT2D eigenvalue weighted by Crippen LogP contribution is 2.33. The zero-order chi connectivity index (χ0) is 22.2. The molecule has 1 N–H and O–H groups in total. The molecule has 0 atom stereocenters. The number of hydrogen-bond acceptors (Lipinski definition) is 4. The smallest absolute Gasteiger partial charge is 0.494 e. The molecule has 0 bridgehead atoms. The van der Waals surface area contributed by atoms with Crippen LogP contribution in [0.15, 0.2) is 36.4 Å². The highest BCUT2D eigenvalue weighted by molar-refractivity contribution is 6.05. The first-order valence-corrected chi connectivity index (χ1v) is 8.51. The molecule has 1 heterocycles. The van der Waals surface area contributed by atoms with E-state index in [2.05, 4.69) is 4.74 Å². The number of hydrogen-bond donors (Lipinski definition) is 1. The van der Waals surface area contributed by atoms with Crippen molar-refractivity contribution in [3.63, 3.8) is 0 Å². The maximum atomic E-state index is 14.3. The monoisotopic (exact) mass is 425 g/mol. The number of alkyl halides is 3. The molecule has 6 nitrogen and oxygen atoms in total. The SMILES string of the molecule is COc1cc2c(CC(=O)O)c(C)n(C(=O)c3ccc(OC(F)(F)F)cc3)c2cc1F. The van der Waals surface area contributed by atoms with Gasteiger partial charge < -0.3 is 14.6 Å². The van der Waals surface area contributed by atoms with Crippen LogP contribution in [-0.2, 0) is 11.2 Å².